The first kappa shape index (κ1) is 37.1. The number of methoxy groups -OCH3 is 3. The quantitative estimate of drug-likeness (QED) is 0.112. The van der Waals surface area contributed by atoms with Gasteiger partial charge in [-0.2, -0.15) is 0 Å². The van der Waals surface area contributed by atoms with Crippen LogP contribution in [0.25, 0.3) is 0 Å². The smallest absolute Gasteiger partial charge is 0.467 e. The number of hydrogen-bond acceptors (Lipinski definition) is 16. The molecule has 13 unspecified atom stereocenters. The molecule has 0 aromatic carbocycles. The average molecular weight is 631 g/mol. The number of nitrogens with one attached hydrogen (secondary N) is 2. The molecular weight excluding hydrogens is 584 g/mol. The van der Waals surface area contributed by atoms with Gasteiger partial charge in [-0.15, -0.1) is 0 Å². The van der Waals surface area contributed by atoms with Crippen molar-refractivity contribution < 1.29 is 81.0 Å². The highest BCUT2D eigenvalue weighted by Gasteiger charge is 2.50. The third kappa shape index (κ3) is 9.96. The molecular formula is C25H46N2O16+2. The zero-order chi connectivity index (χ0) is 32.4. The van der Waals surface area contributed by atoms with Gasteiger partial charge in [-0.3, -0.25) is 9.59 Å². The lowest BCUT2D eigenvalue weighted by atomic mass is 9.96. The van der Waals surface area contributed by atoms with Crippen molar-refractivity contribution in [3.05, 3.63) is 0 Å². The Morgan fingerprint density at radius 3 is 1.86 bits per heavy atom. The molecule has 0 aromatic heterocycles. The maximum absolute atomic E-state index is 11.8. The first-order valence-electron chi connectivity index (χ1n) is 13.5. The van der Waals surface area contributed by atoms with Gasteiger partial charge in [-0.05, 0) is 0 Å². The summed E-state index contributed by atoms with van der Waals surface area (Å²) in [5.74, 6) is -1.53. The van der Waals surface area contributed by atoms with E-state index in [0.717, 1.165) is 7.11 Å². The zero-order valence-electron chi connectivity index (χ0n) is 26.6. The molecule has 0 bridgehead atoms. The largest absolute Gasteiger partial charge is 1.00 e. The predicted octanol–water partition coefficient (Wildman–Crippen LogP) is -4.56. The normalized spacial score (nSPS) is 39.6. The SMILES string of the molecule is COC(=O)C1OC(OC2C(O)C(CO)OC(OC)C2NC(C)=O)C(O)CC1O.COC1OC(CO)C(O)CC1NC(C)=O.[H+].[H+]. The molecule has 13 atom stereocenters. The summed E-state index contributed by atoms with van der Waals surface area (Å²) in [6, 6.07) is -1.40. The summed E-state index contributed by atoms with van der Waals surface area (Å²) < 4.78 is 36.5. The summed E-state index contributed by atoms with van der Waals surface area (Å²) in [7, 11) is 3.87. The standard InChI is InChI=1S/C16H27NO11.C9H17NO5/c1-6(19)17-10-13(11(22)9(5-18)26-16(10)25-3)28-15-8(21)4-7(20)12(27-15)14(23)24-2;1-5(12)10-6-3-7(13)8(4-11)15-9(6)14-2/h7-13,15-16,18,20-22H,4-5H2,1-3H3,(H,17,19);6-9,11,13H,3-4H2,1-2H3,(H,10,12)/p+2. The Morgan fingerprint density at radius 2 is 1.35 bits per heavy atom. The Morgan fingerprint density at radius 1 is 0.767 bits per heavy atom. The van der Waals surface area contributed by atoms with Gasteiger partial charge in [0.2, 0.25) is 11.8 Å². The highest BCUT2D eigenvalue weighted by atomic mass is 16.7. The molecule has 0 radical (unpaired) electrons. The van der Waals surface area contributed by atoms with E-state index in [0.29, 0.717) is 6.42 Å². The van der Waals surface area contributed by atoms with Gasteiger partial charge in [0.05, 0.1) is 38.6 Å². The van der Waals surface area contributed by atoms with Crippen LogP contribution in [0.1, 0.15) is 29.5 Å². The molecule has 0 spiro atoms. The molecule has 2 amide bonds. The van der Waals surface area contributed by atoms with Crippen molar-refractivity contribution in [3.8, 4) is 0 Å². The molecule has 3 saturated heterocycles. The van der Waals surface area contributed by atoms with Crippen molar-refractivity contribution in [1.82, 2.24) is 10.6 Å². The van der Waals surface area contributed by atoms with Crippen molar-refractivity contribution in [3.63, 3.8) is 0 Å². The molecule has 3 aliphatic rings. The number of rotatable bonds is 9. The summed E-state index contributed by atoms with van der Waals surface area (Å²) in [4.78, 5) is 34.2. The van der Waals surface area contributed by atoms with Gasteiger partial charge >= 0.3 is 8.82 Å². The maximum atomic E-state index is 11.8. The minimum absolute atomic E-state index is 0. The number of carbonyl (C=O) groups excluding carboxylic acids is 3. The first-order chi connectivity index (χ1) is 20.3. The summed E-state index contributed by atoms with van der Waals surface area (Å²) in [5, 5.41) is 63.7. The van der Waals surface area contributed by atoms with Crippen LogP contribution >= 0.6 is 0 Å². The van der Waals surface area contributed by atoms with Crippen LogP contribution in [-0.4, -0.2) is 163 Å². The number of carbonyl (C=O) groups is 3. The highest BCUT2D eigenvalue weighted by Crippen LogP contribution is 2.29. The highest BCUT2D eigenvalue weighted by molar-refractivity contribution is 5.75. The molecule has 3 fully saturated rings. The van der Waals surface area contributed by atoms with E-state index < -0.39 is 92.2 Å². The number of esters is 1. The molecule has 18 heteroatoms. The van der Waals surface area contributed by atoms with Gasteiger partial charge in [0, 0.05) is 40.9 Å². The van der Waals surface area contributed by atoms with Crippen molar-refractivity contribution in [1.29, 1.82) is 0 Å². The average Bonchev–Trinajstić information content (AvgIpc) is 2.95. The third-order valence-corrected chi connectivity index (χ3v) is 6.97. The Balaban J connectivity index is 0.000000971. The first-order valence-corrected chi connectivity index (χ1v) is 13.5. The zero-order valence-corrected chi connectivity index (χ0v) is 24.6. The summed E-state index contributed by atoms with van der Waals surface area (Å²) in [6.07, 6.45) is -12.3. The van der Waals surface area contributed by atoms with Crippen LogP contribution in [0.15, 0.2) is 0 Å². The Labute approximate surface area is 251 Å². The van der Waals surface area contributed by atoms with Gasteiger partial charge in [0.15, 0.2) is 25.0 Å². The second kappa shape index (κ2) is 17.4. The predicted molar refractivity (Wildman–Crippen MR) is 142 cm³/mol. The van der Waals surface area contributed by atoms with E-state index >= 15 is 0 Å². The lowest BCUT2D eigenvalue weighted by Gasteiger charge is -2.46. The fraction of sp³-hybridized carbons (Fsp3) is 0.880. The molecule has 3 aliphatic heterocycles. The van der Waals surface area contributed by atoms with Gasteiger partial charge in [-0.1, -0.05) is 0 Å². The van der Waals surface area contributed by atoms with E-state index in [1.165, 1.54) is 28.1 Å². The van der Waals surface area contributed by atoms with E-state index in [-0.39, 0.29) is 27.8 Å². The van der Waals surface area contributed by atoms with E-state index in [4.69, 9.17) is 33.5 Å². The van der Waals surface area contributed by atoms with Crippen molar-refractivity contribution in [2.45, 2.75) is 106 Å². The second-order valence-electron chi connectivity index (χ2n) is 10.2. The topological polar surface area (TPSA) is 261 Å². The molecule has 3 heterocycles. The van der Waals surface area contributed by atoms with Gasteiger partial charge in [0.25, 0.3) is 0 Å². The van der Waals surface area contributed by atoms with Crippen molar-refractivity contribution >= 4 is 17.8 Å². The van der Waals surface area contributed by atoms with E-state index in [1.807, 2.05) is 0 Å². The van der Waals surface area contributed by atoms with E-state index in [9.17, 15) is 39.9 Å². The van der Waals surface area contributed by atoms with Gasteiger partial charge in [0.1, 0.15) is 36.6 Å². The van der Waals surface area contributed by atoms with Crippen molar-refractivity contribution in [2.75, 3.05) is 34.5 Å². The summed E-state index contributed by atoms with van der Waals surface area (Å²) in [5.41, 5.74) is 0. The minimum Gasteiger partial charge on any atom is -0.467 e. The minimum atomic E-state index is -1.43. The molecule has 250 valence electrons. The van der Waals surface area contributed by atoms with Crippen LogP contribution in [-0.2, 0) is 47.5 Å². The van der Waals surface area contributed by atoms with Crippen LogP contribution in [0.5, 0.6) is 0 Å². The van der Waals surface area contributed by atoms with Gasteiger partial charge in [-0.25, -0.2) is 4.79 Å². The Hall–Kier alpha value is -2.07. The fourth-order valence-corrected chi connectivity index (χ4v) is 4.89. The van der Waals surface area contributed by atoms with Crippen LogP contribution in [0.3, 0.4) is 0 Å². The second-order valence-corrected chi connectivity index (χ2v) is 10.2. The summed E-state index contributed by atoms with van der Waals surface area (Å²) in [6.45, 7) is 1.79. The molecule has 8 N–H and O–H groups in total. The lowest BCUT2D eigenvalue weighted by Crippen LogP contribution is -2.66. The summed E-state index contributed by atoms with van der Waals surface area (Å²) >= 11 is 0. The maximum Gasteiger partial charge on any atom is 1.00 e. The van der Waals surface area contributed by atoms with Gasteiger partial charge < -0.3 is 74.4 Å². The molecule has 0 aliphatic carbocycles. The number of amides is 2. The van der Waals surface area contributed by atoms with Crippen LogP contribution in [0.2, 0.25) is 0 Å². The van der Waals surface area contributed by atoms with Crippen LogP contribution in [0.4, 0.5) is 0 Å². The number of ether oxygens (including phenoxy) is 7. The van der Waals surface area contributed by atoms with Crippen molar-refractivity contribution in [2.24, 2.45) is 0 Å². The Kier molecular flexibility index (Phi) is 15.0. The van der Waals surface area contributed by atoms with E-state index in [1.54, 1.807) is 0 Å². The number of hydrogen-bond donors (Lipinski definition) is 8. The Bertz CT molecular complexity index is 909. The monoisotopic (exact) mass is 630 g/mol. The molecule has 0 saturated carbocycles. The molecule has 0 aromatic rings. The number of aliphatic hydroxyl groups excluding tert-OH is 6. The molecule has 3 rings (SSSR count). The van der Waals surface area contributed by atoms with E-state index in [2.05, 4.69) is 15.4 Å². The van der Waals surface area contributed by atoms with Crippen LogP contribution < -0.4 is 10.6 Å². The van der Waals surface area contributed by atoms with Crippen LogP contribution in [0, 0.1) is 0 Å². The molecule has 43 heavy (non-hydrogen) atoms. The molecule has 18 nitrogen and oxygen atoms in total. The number of aliphatic hydroxyl groups is 6. The third-order valence-electron chi connectivity index (χ3n) is 6.97. The fourth-order valence-electron chi connectivity index (χ4n) is 4.89. The lowest BCUT2D eigenvalue weighted by molar-refractivity contribution is -0.325.